The van der Waals surface area contributed by atoms with Gasteiger partial charge >= 0.3 is 6.03 Å². The summed E-state index contributed by atoms with van der Waals surface area (Å²) < 4.78 is 0.201. The second-order valence-corrected chi connectivity index (χ2v) is 4.30. The van der Waals surface area contributed by atoms with E-state index in [1.54, 1.807) is 7.05 Å². The lowest BCUT2D eigenvalue weighted by atomic mass is 10.0. The first kappa shape index (κ1) is 12.6. The highest BCUT2D eigenvalue weighted by molar-refractivity contribution is 8.00. The van der Waals surface area contributed by atoms with Gasteiger partial charge in [-0.1, -0.05) is 13.8 Å². The molecule has 0 rings (SSSR count). The zero-order chi connectivity index (χ0) is 10.3. The second kappa shape index (κ2) is 6.13. The van der Waals surface area contributed by atoms with Crippen LogP contribution in [0.5, 0.6) is 0 Å². The maximum atomic E-state index is 11.0. The van der Waals surface area contributed by atoms with E-state index >= 15 is 0 Å². The molecule has 0 fully saturated rings. The highest BCUT2D eigenvalue weighted by Gasteiger charge is 2.24. The largest absolute Gasteiger partial charge is 0.341 e. The summed E-state index contributed by atoms with van der Waals surface area (Å²) in [6.07, 6.45) is 4.25. The van der Waals surface area contributed by atoms with Gasteiger partial charge in [-0.15, -0.1) is 0 Å². The smallest absolute Gasteiger partial charge is 0.314 e. The van der Waals surface area contributed by atoms with E-state index in [2.05, 4.69) is 30.7 Å². The molecule has 0 aromatic heterocycles. The van der Waals surface area contributed by atoms with Gasteiger partial charge in [0.25, 0.3) is 0 Å². The number of thioether (sulfide) groups is 1. The lowest BCUT2D eigenvalue weighted by Gasteiger charge is -2.29. The Morgan fingerprint density at radius 3 is 2.23 bits per heavy atom. The van der Waals surface area contributed by atoms with Crippen molar-refractivity contribution in [3.63, 3.8) is 0 Å². The van der Waals surface area contributed by atoms with Gasteiger partial charge in [-0.3, -0.25) is 0 Å². The van der Waals surface area contributed by atoms with E-state index in [1.165, 1.54) is 0 Å². The Labute approximate surface area is 85.0 Å². The molecule has 0 heterocycles. The SMILES string of the molecule is CCC(CC)(CNC(=O)NC)SC. The molecule has 0 radical (unpaired) electrons. The van der Waals surface area contributed by atoms with Crippen LogP contribution in [-0.4, -0.2) is 30.6 Å². The monoisotopic (exact) mass is 204 g/mol. The van der Waals surface area contributed by atoms with Gasteiger partial charge in [-0.2, -0.15) is 11.8 Å². The van der Waals surface area contributed by atoms with Gasteiger partial charge in [0.2, 0.25) is 0 Å². The fourth-order valence-electron chi connectivity index (χ4n) is 1.19. The van der Waals surface area contributed by atoms with Gasteiger partial charge in [0.1, 0.15) is 0 Å². The average Bonchev–Trinajstić information content (AvgIpc) is 2.20. The second-order valence-electron chi connectivity index (χ2n) is 3.03. The lowest BCUT2D eigenvalue weighted by molar-refractivity contribution is 0.241. The summed E-state index contributed by atoms with van der Waals surface area (Å²) in [5.74, 6) is 0. The van der Waals surface area contributed by atoms with Gasteiger partial charge < -0.3 is 10.6 Å². The van der Waals surface area contributed by atoms with Crippen LogP contribution in [0.1, 0.15) is 26.7 Å². The first-order chi connectivity index (χ1) is 6.14. The van der Waals surface area contributed by atoms with Crippen molar-refractivity contribution >= 4 is 17.8 Å². The standard InChI is InChI=1S/C9H20N2OS/c1-5-9(6-2,13-4)7-11-8(12)10-3/h5-7H2,1-4H3,(H2,10,11,12). The number of nitrogens with one attached hydrogen (secondary N) is 2. The predicted molar refractivity (Wildman–Crippen MR) is 59.3 cm³/mol. The summed E-state index contributed by atoms with van der Waals surface area (Å²) in [7, 11) is 1.63. The van der Waals surface area contributed by atoms with Crippen molar-refractivity contribution in [2.75, 3.05) is 19.8 Å². The van der Waals surface area contributed by atoms with E-state index in [9.17, 15) is 4.79 Å². The summed E-state index contributed by atoms with van der Waals surface area (Å²) >= 11 is 1.83. The minimum atomic E-state index is -0.0969. The molecule has 0 aliphatic rings. The Hall–Kier alpha value is -0.380. The molecule has 2 amide bonds. The van der Waals surface area contributed by atoms with E-state index in [4.69, 9.17) is 0 Å². The number of hydrogen-bond acceptors (Lipinski definition) is 2. The van der Waals surface area contributed by atoms with Gasteiger partial charge in [-0.05, 0) is 19.1 Å². The molecular formula is C9H20N2OS. The summed E-state index contributed by atoms with van der Waals surface area (Å²) in [5, 5.41) is 5.41. The number of hydrogen-bond donors (Lipinski definition) is 2. The normalized spacial score (nSPS) is 11.1. The minimum Gasteiger partial charge on any atom is -0.341 e. The van der Waals surface area contributed by atoms with Crippen molar-refractivity contribution in [3.05, 3.63) is 0 Å². The molecule has 0 aromatic rings. The van der Waals surface area contributed by atoms with E-state index in [-0.39, 0.29) is 10.8 Å². The quantitative estimate of drug-likeness (QED) is 0.717. The molecule has 0 aromatic carbocycles. The van der Waals surface area contributed by atoms with Crippen LogP contribution in [0.3, 0.4) is 0 Å². The Bertz CT molecular complexity index is 149. The molecule has 13 heavy (non-hydrogen) atoms. The van der Waals surface area contributed by atoms with Gasteiger partial charge in [0, 0.05) is 18.3 Å². The third kappa shape index (κ3) is 3.89. The number of rotatable bonds is 5. The van der Waals surface area contributed by atoms with E-state index in [0.29, 0.717) is 0 Å². The predicted octanol–water partition coefficient (Wildman–Crippen LogP) is 1.84. The molecular weight excluding hydrogens is 184 g/mol. The van der Waals surface area contributed by atoms with Crippen molar-refractivity contribution in [2.24, 2.45) is 0 Å². The third-order valence-electron chi connectivity index (χ3n) is 2.52. The van der Waals surface area contributed by atoms with Crippen molar-refractivity contribution in [1.29, 1.82) is 0 Å². The zero-order valence-corrected chi connectivity index (χ0v) is 9.75. The molecule has 0 bridgehead atoms. The lowest BCUT2D eigenvalue weighted by Crippen LogP contribution is -2.43. The molecule has 0 spiro atoms. The fraction of sp³-hybridized carbons (Fsp3) is 0.889. The van der Waals surface area contributed by atoms with Crippen LogP contribution in [0.2, 0.25) is 0 Å². The van der Waals surface area contributed by atoms with Crippen LogP contribution >= 0.6 is 11.8 Å². The minimum absolute atomic E-state index is 0.0969. The van der Waals surface area contributed by atoms with E-state index in [0.717, 1.165) is 19.4 Å². The van der Waals surface area contributed by atoms with Crippen molar-refractivity contribution in [2.45, 2.75) is 31.4 Å². The highest BCUT2D eigenvalue weighted by Crippen LogP contribution is 2.29. The number of urea groups is 1. The highest BCUT2D eigenvalue weighted by atomic mass is 32.2. The third-order valence-corrected chi connectivity index (χ3v) is 4.11. The molecule has 0 atom stereocenters. The molecule has 3 nitrogen and oxygen atoms in total. The number of amides is 2. The van der Waals surface area contributed by atoms with Gasteiger partial charge in [0.05, 0.1) is 0 Å². The van der Waals surface area contributed by atoms with Crippen molar-refractivity contribution in [1.82, 2.24) is 10.6 Å². The van der Waals surface area contributed by atoms with E-state index in [1.807, 2.05) is 11.8 Å². The van der Waals surface area contributed by atoms with Crippen molar-refractivity contribution in [3.8, 4) is 0 Å². The number of carbonyl (C=O) groups excluding carboxylic acids is 1. The maximum absolute atomic E-state index is 11.0. The molecule has 0 aliphatic carbocycles. The van der Waals surface area contributed by atoms with Crippen LogP contribution in [0.15, 0.2) is 0 Å². The van der Waals surface area contributed by atoms with Crippen LogP contribution in [0.25, 0.3) is 0 Å². The zero-order valence-electron chi connectivity index (χ0n) is 8.94. The van der Waals surface area contributed by atoms with Gasteiger partial charge in [-0.25, -0.2) is 4.79 Å². The molecule has 2 N–H and O–H groups in total. The molecule has 0 saturated carbocycles. The van der Waals surface area contributed by atoms with Crippen LogP contribution in [-0.2, 0) is 0 Å². The Morgan fingerprint density at radius 1 is 1.38 bits per heavy atom. The Kier molecular flexibility index (Phi) is 5.95. The summed E-state index contributed by atoms with van der Waals surface area (Å²) in [6.45, 7) is 5.05. The molecule has 78 valence electrons. The van der Waals surface area contributed by atoms with Crippen molar-refractivity contribution < 1.29 is 4.79 Å². The first-order valence-corrected chi connectivity index (χ1v) is 5.87. The average molecular weight is 204 g/mol. The summed E-state index contributed by atoms with van der Waals surface area (Å²) in [4.78, 5) is 11.0. The van der Waals surface area contributed by atoms with Crippen LogP contribution in [0, 0.1) is 0 Å². The fourth-order valence-corrected chi connectivity index (χ4v) is 1.98. The molecule has 0 saturated heterocycles. The number of carbonyl (C=O) groups is 1. The molecule has 0 unspecified atom stereocenters. The molecule has 0 aliphatic heterocycles. The summed E-state index contributed by atoms with van der Waals surface area (Å²) in [5.41, 5.74) is 0. The first-order valence-electron chi connectivity index (χ1n) is 4.64. The van der Waals surface area contributed by atoms with Gasteiger partial charge in [0.15, 0.2) is 0 Å². The van der Waals surface area contributed by atoms with Crippen LogP contribution < -0.4 is 10.6 Å². The topological polar surface area (TPSA) is 41.1 Å². The van der Waals surface area contributed by atoms with E-state index < -0.39 is 0 Å². The van der Waals surface area contributed by atoms with Crippen LogP contribution in [0.4, 0.5) is 4.79 Å². The summed E-state index contributed by atoms with van der Waals surface area (Å²) in [6, 6.07) is -0.0969. The Balaban J connectivity index is 4.02. The molecule has 4 heteroatoms. The maximum Gasteiger partial charge on any atom is 0.314 e. The Morgan fingerprint density at radius 2 is 1.92 bits per heavy atom.